The van der Waals surface area contributed by atoms with Gasteiger partial charge in [0.2, 0.25) is 5.91 Å². The van der Waals surface area contributed by atoms with E-state index in [1.165, 1.54) is 17.5 Å². The van der Waals surface area contributed by atoms with E-state index in [2.05, 4.69) is 24.6 Å². The van der Waals surface area contributed by atoms with E-state index in [1.54, 1.807) is 30.3 Å². The fourth-order valence-corrected chi connectivity index (χ4v) is 5.83. The average molecular weight is 568 g/mol. The third kappa shape index (κ3) is 5.02. The smallest absolute Gasteiger partial charge is 0.387 e. The molecule has 1 saturated heterocycles. The van der Waals surface area contributed by atoms with Gasteiger partial charge in [-0.3, -0.25) is 9.18 Å². The summed E-state index contributed by atoms with van der Waals surface area (Å²) < 4.78 is 59.4. The van der Waals surface area contributed by atoms with Crippen molar-refractivity contribution in [1.82, 2.24) is 19.9 Å². The van der Waals surface area contributed by atoms with Crippen molar-refractivity contribution in [2.45, 2.75) is 19.5 Å². The fourth-order valence-electron chi connectivity index (χ4n) is 4.59. The minimum atomic E-state index is -3.20. The van der Waals surface area contributed by atoms with Gasteiger partial charge in [0.05, 0.1) is 9.90 Å². The molecule has 1 fully saturated rings. The van der Waals surface area contributed by atoms with Crippen molar-refractivity contribution in [3.63, 3.8) is 0 Å². The summed E-state index contributed by atoms with van der Waals surface area (Å²) in [6, 6.07) is 3.71. The molecular weight excluding hydrogens is 546 g/mol. The largest absolute Gasteiger partial charge is 0.434 e. The number of ether oxygens (including phenoxy) is 1. The molecule has 0 unspecified atom stereocenters. The zero-order valence-corrected chi connectivity index (χ0v) is 21.6. The second kappa shape index (κ2) is 10.8. The van der Waals surface area contributed by atoms with Gasteiger partial charge in [0.25, 0.3) is 0 Å². The van der Waals surface area contributed by atoms with Crippen molar-refractivity contribution in [2.24, 2.45) is 0 Å². The Morgan fingerprint density at radius 3 is 2.66 bits per heavy atom. The van der Waals surface area contributed by atoms with Gasteiger partial charge in [-0.05, 0) is 23.8 Å². The molecule has 5 rings (SSSR count). The summed E-state index contributed by atoms with van der Waals surface area (Å²) in [6.07, 6.45) is 4.88. The second-order valence-corrected chi connectivity index (χ2v) is 10.1. The first-order valence-electron chi connectivity index (χ1n) is 11.7. The van der Waals surface area contributed by atoms with Crippen molar-refractivity contribution in [3.8, 4) is 16.2 Å². The number of amides is 1. The number of halogens is 5. The summed E-state index contributed by atoms with van der Waals surface area (Å²) in [5.74, 6) is -2.41. The molecule has 1 aliphatic rings. The minimum Gasteiger partial charge on any atom is -0.434 e. The molecular formula is C25H22ClF4N5O2S. The van der Waals surface area contributed by atoms with Gasteiger partial charge in [0.1, 0.15) is 23.9 Å². The lowest BCUT2D eigenvalue weighted by Gasteiger charge is -2.33. The van der Waals surface area contributed by atoms with Crippen LogP contribution in [0.2, 0.25) is 5.02 Å². The number of rotatable bonds is 7. The maximum absolute atomic E-state index is 14.5. The Labute approximate surface area is 224 Å². The minimum absolute atomic E-state index is 0.0464. The number of hydrogen-bond acceptors (Lipinski definition) is 6. The number of pyridine rings is 1. The lowest BCUT2D eigenvalue weighted by molar-refractivity contribution is -0.129. The molecule has 4 heterocycles. The van der Waals surface area contributed by atoms with E-state index >= 15 is 0 Å². The molecule has 0 radical (unpaired) electrons. The van der Waals surface area contributed by atoms with Crippen LogP contribution in [0.5, 0.6) is 5.75 Å². The van der Waals surface area contributed by atoms with E-state index in [0.29, 0.717) is 42.8 Å². The Bertz CT molecular complexity index is 1470. The number of benzene rings is 1. The van der Waals surface area contributed by atoms with E-state index in [1.807, 2.05) is 0 Å². The van der Waals surface area contributed by atoms with Crippen LogP contribution in [-0.4, -0.2) is 65.2 Å². The normalized spacial score (nSPS) is 14.9. The van der Waals surface area contributed by atoms with Gasteiger partial charge in [-0.1, -0.05) is 22.9 Å². The fraction of sp³-hybridized carbons (Fsp3) is 0.320. The van der Waals surface area contributed by atoms with Crippen molar-refractivity contribution >= 4 is 45.0 Å². The topological polar surface area (TPSA) is 74.4 Å². The molecule has 3 aromatic heterocycles. The Balaban J connectivity index is 1.48. The summed E-state index contributed by atoms with van der Waals surface area (Å²) >= 11 is 7.58. The van der Waals surface area contributed by atoms with Crippen LogP contribution in [0.25, 0.3) is 21.5 Å². The number of anilines is 1. The molecule has 0 saturated carbocycles. The first kappa shape index (κ1) is 26.2. The van der Waals surface area contributed by atoms with Crippen LogP contribution in [-0.2, 0) is 4.79 Å². The summed E-state index contributed by atoms with van der Waals surface area (Å²) in [5, 5.41) is 0.847. The van der Waals surface area contributed by atoms with Gasteiger partial charge in [0, 0.05) is 74.1 Å². The van der Waals surface area contributed by atoms with E-state index in [4.69, 9.17) is 11.6 Å². The van der Waals surface area contributed by atoms with E-state index in [-0.39, 0.29) is 11.5 Å². The van der Waals surface area contributed by atoms with Crippen LogP contribution < -0.4 is 9.64 Å². The Morgan fingerprint density at radius 2 is 1.97 bits per heavy atom. The van der Waals surface area contributed by atoms with Crippen molar-refractivity contribution < 1.29 is 27.1 Å². The van der Waals surface area contributed by atoms with Gasteiger partial charge < -0.3 is 19.5 Å². The molecule has 38 heavy (non-hydrogen) atoms. The van der Waals surface area contributed by atoms with Crippen LogP contribution in [0.3, 0.4) is 0 Å². The summed E-state index contributed by atoms with van der Waals surface area (Å²) in [4.78, 5) is 28.2. The van der Waals surface area contributed by atoms with E-state index in [0.717, 1.165) is 27.7 Å². The Morgan fingerprint density at radius 1 is 1.21 bits per heavy atom. The third-order valence-electron chi connectivity index (χ3n) is 6.52. The summed E-state index contributed by atoms with van der Waals surface area (Å²) in [5.41, 5.74) is 1.33. The number of H-pyrrole nitrogens is 1. The highest BCUT2D eigenvalue weighted by molar-refractivity contribution is 7.18. The number of aromatic amines is 1. The highest BCUT2D eigenvalue weighted by Gasteiger charge is 2.28. The molecule has 13 heteroatoms. The van der Waals surface area contributed by atoms with E-state index < -0.39 is 35.8 Å². The zero-order chi connectivity index (χ0) is 27.0. The first-order chi connectivity index (χ1) is 18.3. The number of nitrogens with one attached hydrogen (secondary N) is 1. The van der Waals surface area contributed by atoms with Crippen LogP contribution in [0.1, 0.15) is 24.0 Å². The molecule has 1 amide bonds. The van der Waals surface area contributed by atoms with Crippen LogP contribution >= 0.6 is 22.9 Å². The van der Waals surface area contributed by atoms with Gasteiger partial charge >= 0.3 is 6.61 Å². The molecule has 1 N–H and O–H groups in total. The SMILES string of the molecule is CC(=O)N1CCN(c2ncc(-c3cnc4[nH]cc([C@@H](CF)c5c(OC(F)F)ccc(F)c5Cl)c4c3)s2)CC1. The number of nitrogens with zero attached hydrogens (tertiary/aromatic N) is 4. The van der Waals surface area contributed by atoms with Gasteiger partial charge in [-0.15, -0.1) is 0 Å². The number of carbonyl (C=O) groups excluding carboxylic acids is 1. The Hall–Kier alpha value is -3.38. The van der Waals surface area contributed by atoms with Crippen LogP contribution in [0, 0.1) is 5.82 Å². The number of alkyl halides is 3. The first-order valence-corrected chi connectivity index (χ1v) is 12.9. The van der Waals surface area contributed by atoms with Crippen LogP contribution in [0.15, 0.2) is 36.8 Å². The standard InChI is InChI=1S/C25H22ClF4N5O2S/c1-13(36)34-4-6-35(7-5-34)25-33-12-20(38-25)14-8-15-17(11-32-23(15)31-10-14)16(9-27)21-19(37-24(29)30)3-2-18(28)22(21)26/h2-3,8,10-12,16,24H,4-7,9H2,1H3,(H,31,32)/t16-/m1/s1. The zero-order valence-electron chi connectivity index (χ0n) is 20.1. The summed E-state index contributed by atoms with van der Waals surface area (Å²) in [7, 11) is 0. The highest BCUT2D eigenvalue weighted by Crippen LogP contribution is 2.42. The molecule has 1 aliphatic heterocycles. The van der Waals surface area contributed by atoms with Crippen molar-refractivity contribution in [3.05, 3.63) is 58.8 Å². The average Bonchev–Trinajstić information content (AvgIpc) is 3.56. The second-order valence-electron chi connectivity index (χ2n) is 8.72. The number of thiazole rings is 1. The number of hydrogen-bond donors (Lipinski definition) is 1. The predicted molar refractivity (Wildman–Crippen MR) is 138 cm³/mol. The monoisotopic (exact) mass is 567 g/mol. The molecule has 4 aromatic rings. The van der Waals surface area contributed by atoms with Gasteiger partial charge in [-0.25, -0.2) is 14.4 Å². The van der Waals surface area contributed by atoms with Crippen molar-refractivity contribution in [1.29, 1.82) is 0 Å². The Kier molecular flexibility index (Phi) is 7.44. The maximum atomic E-state index is 14.5. The quantitative estimate of drug-likeness (QED) is 0.284. The third-order valence-corrected chi connectivity index (χ3v) is 8.01. The lowest BCUT2D eigenvalue weighted by atomic mass is 9.91. The van der Waals surface area contributed by atoms with Crippen molar-refractivity contribution in [2.75, 3.05) is 37.8 Å². The number of carbonyl (C=O) groups is 1. The summed E-state index contributed by atoms with van der Waals surface area (Å²) in [6.45, 7) is -0.112. The molecule has 200 valence electrons. The van der Waals surface area contributed by atoms with Gasteiger partial charge in [0.15, 0.2) is 5.13 Å². The molecule has 0 spiro atoms. The van der Waals surface area contributed by atoms with Gasteiger partial charge in [-0.2, -0.15) is 8.78 Å². The molecule has 0 aliphatic carbocycles. The van der Waals surface area contributed by atoms with Crippen LogP contribution in [0.4, 0.5) is 22.7 Å². The maximum Gasteiger partial charge on any atom is 0.387 e. The predicted octanol–water partition coefficient (Wildman–Crippen LogP) is 5.85. The molecule has 7 nitrogen and oxygen atoms in total. The highest BCUT2D eigenvalue weighted by atomic mass is 35.5. The molecule has 1 atom stereocenters. The number of aromatic nitrogens is 3. The molecule has 1 aromatic carbocycles. The van der Waals surface area contributed by atoms with E-state index in [9.17, 15) is 22.4 Å². The number of piperazine rings is 1. The lowest BCUT2D eigenvalue weighted by Crippen LogP contribution is -2.48. The molecule has 0 bridgehead atoms. The number of fused-ring (bicyclic) bond motifs is 1.